The molecule has 7 nitrogen and oxygen atoms in total. The van der Waals surface area contributed by atoms with Gasteiger partial charge in [-0.1, -0.05) is 46.3 Å². The molecule has 0 aliphatic carbocycles. The van der Waals surface area contributed by atoms with Crippen molar-refractivity contribution < 1.29 is 14.3 Å². The quantitative estimate of drug-likeness (QED) is 0.739. The SMILES string of the molecule is CC(C)(C)OC(=O)N1CCC(C(=O)N(Cc2ccccc2)c2ccn[nH]2)=C(Br)C1. The molecule has 154 valence electrons. The second-order valence-electron chi connectivity index (χ2n) is 7.85. The number of hydrogen-bond donors (Lipinski definition) is 1. The van der Waals surface area contributed by atoms with Crippen LogP contribution in [0.15, 0.2) is 52.7 Å². The molecule has 0 saturated heterocycles. The standard InChI is InChI=1S/C21H25BrN4O3/c1-21(2,3)29-20(28)25-12-10-16(17(22)14-25)19(27)26(18-9-11-23-24-18)13-15-7-5-4-6-8-15/h4-9,11H,10,12-14H2,1-3H3,(H,23,24). The fourth-order valence-electron chi connectivity index (χ4n) is 3.02. The highest BCUT2D eigenvalue weighted by Crippen LogP contribution is 2.28. The number of benzene rings is 1. The van der Waals surface area contributed by atoms with E-state index < -0.39 is 5.60 Å². The van der Waals surface area contributed by atoms with Gasteiger partial charge >= 0.3 is 6.09 Å². The van der Waals surface area contributed by atoms with Crippen molar-refractivity contribution in [3.8, 4) is 0 Å². The van der Waals surface area contributed by atoms with Crippen LogP contribution in [-0.2, 0) is 16.1 Å². The predicted molar refractivity (Wildman–Crippen MR) is 115 cm³/mol. The minimum atomic E-state index is -0.559. The summed E-state index contributed by atoms with van der Waals surface area (Å²) in [5, 5.41) is 6.86. The molecular formula is C21H25BrN4O3. The maximum Gasteiger partial charge on any atom is 0.410 e. The predicted octanol–water partition coefficient (Wildman–Crippen LogP) is 4.23. The zero-order valence-electron chi connectivity index (χ0n) is 16.8. The van der Waals surface area contributed by atoms with Crippen LogP contribution in [0.1, 0.15) is 32.8 Å². The van der Waals surface area contributed by atoms with Crippen LogP contribution in [-0.4, -0.2) is 45.8 Å². The van der Waals surface area contributed by atoms with Crippen LogP contribution in [0.3, 0.4) is 0 Å². The number of aromatic amines is 1. The molecule has 1 N–H and O–H groups in total. The van der Waals surface area contributed by atoms with E-state index in [1.165, 1.54) is 0 Å². The number of hydrogen-bond acceptors (Lipinski definition) is 4. The molecule has 0 unspecified atom stereocenters. The van der Waals surface area contributed by atoms with Crippen molar-refractivity contribution in [2.75, 3.05) is 18.0 Å². The van der Waals surface area contributed by atoms with Crippen LogP contribution in [0.5, 0.6) is 0 Å². The Labute approximate surface area is 178 Å². The summed E-state index contributed by atoms with van der Waals surface area (Å²) in [5.74, 6) is 0.509. The molecule has 2 aromatic rings. The molecule has 0 bridgehead atoms. The number of carbonyl (C=O) groups is 2. The normalized spacial score (nSPS) is 14.7. The number of nitrogens with zero attached hydrogens (tertiary/aromatic N) is 3. The summed E-state index contributed by atoms with van der Waals surface area (Å²) in [6, 6.07) is 11.6. The minimum absolute atomic E-state index is 0.117. The van der Waals surface area contributed by atoms with Crippen molar-refractivity contribution in [3.63, 3.8) is 0 Å². The zero-order valence-corrected chi connectivity index (χ0v) is 18.4. The van der Waals surface area contributed by atoms with Gasteiger partial charge in [0.25, 0.3) is 5.91 Å². The van der Waals surface area contributed by atoms with E-state index in [9.17, 15) is 9.59 Å². The largest absolute Gasteiger partial charge is 0.444 e. The lowest BCUT2D eigenvalue weighted by atomic mass is 10.1. The van der Waals surface area contributed by atoms with Gasteiger partial charge in [-0.2, -0.15) is 5.10 Å². The lowest BCUT2D eigenvalue weighted by Crippen LogP contribution is -2.42. The Morgan fingerprint density at radius 3 is 2.55 bits per heavy atom. The minimum Gasteiger partial charge on any atom is -0.444 e. The molecule has 1 aliphatic rings. The maximum absolute atomic E-state index is 13.4. The summed E-state index contributed by atoms with van der Waals surface area (Å²) in [6.07, 6.45) is 1.68. The van der Waals surface area contributed by atoms with Crippen molar-refractivity contribution in [3.05, 3.63) is 58.2 Å². The average Bonchev–Trinajstić information content (AvgIpc) is 3.19. The van der Waals surface area contributed by atoms with Gasteiger partial charge in [-0.25, -0.2) is 4.79 Å². The van der Waals surface area contributed by atoms with Crippen LogP contribution in [0, 0.1) is 0 Å². The molecule has 2 amide bonds. The Morgan fingerprint density at radius 1 is 1.24 bits per heavy atom. The second-order valence-corrected chi connectivity index (χ2v) is 8.81. The summed E-state index contributed by atoms with van der Waals surface area (Å²) in [6.45, 7) is 6.65. The molecule has 0 saturated carbocycles. The van der Waals surface area contributed by atoms with E-state index in [0.29, 0.717) is 41.9 Å². The van der Waals surface area contributed by atoms with Crippen molar-refractivity contribution in [2.24, 2.45) is 0 Å². The Balaban J connectivity index is 1.79. The lowest BCUT2D eigenvalue weighted by molar-refractivity contribution is -0.115. The summed E-state index contributed by atoms with van der Waals surface area (Å²) in [4.78, 5) is 29.0. The van der Waals surface area contributed by atoms with Gasteiger partial charge in [-0.05, 0) is 32.8 Å². The molecular weight excluding hydrogens is 436 g/mol. The Bertz CT molecular complexity index is 888. The first-order valence-electron chi connectivity index (χ1n) is 9.45. The highest BCUT2D eigenvalue weighted by Gasteiger charge is 2.31. The average molecular weight is 461 g/mol. The number of anilines is 1. The van der Waals surface area contributed by atoms with E-state index in [0.717, 1.165) is 5.56 Å². The van der Waals surface area contributed by atoms with Crippen molar-refractivity contribution >= 4 is 33.7 Å². The van der Waals surface area contributed by atoms with Gasteiger partial charge in [0.15, 0.2) is 0 Å². The number of amides is 2. The van der Waals surface area contributed by atoms with E-state index in [4.69, 9.17) is 4.74 Å². The summed E-state index contributed by atoms with van der Waals surface area (Å²) in [5.41, 5.74) is 1.10. The van der Waals surface area contributed by atoms with Gasteiger partial charge in [-0.15, -0.1) is 0 Å². The third-order valence-electron chi connectivity index (χ3n) is 4.40. The van der Waals surface area contributed by atoms with E-state index in [1.54, 1.807) is 22.1 Å². The summed E-state index contributed by atoms with van der Waals surface area (Å²) >= 11 is 3.52. The molecule has 0 spiro atoms. The third-order valence-corrected chi connectivity index (χ3v) is 5.13. The smallest absolute Gasteiger partial charge is 0.410 e. The first-order chi connectivity index (χ1) is 13.7. The first kappa shape index (κ1) is 21.1. The highest BCUT2D eigenvalue weighted by atomic mass is 79.9. The molecule has 2 heterocycles. The van der Waals surface area contributed by atoms with Crippen molar-refractivity contribution in [2.45, 2.75) is 39.3 Å². The molecule has 1 aromatic carbocycles. The molecule has 0 atom stereocenters. The lowest BCUT2D eigenvalue weighted by Gasteiger charge is -2.32. The first-order valence-corrected chi connectivity index (χ1v) is 10.2. The number of carbonyl (C=O) groups excluding carboxylic acids is 2. The van der Waals surface area contributed by atoms with Gasteiger partial charge in [0.2, 0.25) is 0 Å². The number of aromatic nitrogens is 2. The van der Waals surface area contributed by atoms with Gasteiger partial charge in [-0.3, -0.25) is 14.8 Å². The number of H-pyrrole nitrogens is 1. The van der Waals surface area contributed by atoms with Crippen LogP contribution >= 0.6 is 15.9 Å². The monoisotopic (exact) mass is 460 g/mol. The molecule has 0 fully saturated rings. The molecule has 1 aliphatic heterocycles. The molecule has 1 aromatic heterocycles. The van der Waals surface area contributed by atoms with Crippen molar-refractivity contribution in [1.82, 2.24) is 15.1 Å². The van der Waals surface area contributed by atoms with Crippen LogP contribution in [0.2, 0.25) is 0 Å². The number of nitrogens with one attached hydrogen (secondary N) is 1. The Morgan fingerprint density at radius 2 is 1.97 bits per heavy atom. The van der Waals surface area contributed by atoms with Crippen LogP contribution < -0.4 is 4.90 Å². The fraction of sp³-hybridized carbons (Fsp3) is 0.381. The number of ether oxygens (including phenoxy) is 1. The van der Waals surface area contributed by atoms with Gasteiger partial charge < -0.3 is 9.64 Å². The van der Waals surface area contributed by atoms with E-state index >= 15 is 0 Å². The molecule has 3 rings (SSSR count). The summed E-state index contributed by atoms with van der Waals surface area (Å²) in [7, 11) is 0. The molecule has 0 radical (unpaired) electrons. The van der Waals surface area contributed by atoms with Gasteiger partial charge in [0.1, 0.15) is 11.4 Å². The third kappa shape index (κ3) is 5.47. The van der Waals surface area contributed by atoms with Gasteiger partial charge in [0.05, 0.1) is 19.3 Å². The van der Waals surface area contributed by atoms with Gasteiger partial charge in [0, 0.05) is 22.7 Å². The van der Waals surface area contributed by atoms with E-state index in [2.05, 4.69) is 26.1 Å². The Kier molecular flexibility index (Phi) is 6.42. The maximum atomic E-state index is 13.4. The highest BCUT2D eigenvalue weighted by molar-refractivity contribution is 9.11. The molecule has 8 heteroatoms. The number of rotatable bonds is 4. The fourth-order valence-corrected chi connectivity index (χ4v) is 3.69. The number of halogens is 1. The zero-order chi connectivity index (χ0) is 21.0. The topological polar surface area (TPSA) is 78.5 Å². The molecule has 29 heavy (non-hydrogen) atoms. The van der Waals surface area contributed by atoms with E-state index in [1.807, 2.05) is 51.1 Å². The van der Waals surface area contributed by atoms with E-state index in [-0.39, 0.29) is 12.0 Å². The van der Waals surface area contributed by atoms with Crippen LogP contribution in [0.4, 0.5) is 10.6 Å². The Hall–Kier alpha value is -2.61. The second kappa shape index (κ2) is 8.82. The summed E-state index contributed by atoms with van der Waals surface area (Å²) < 4.78 is 6.13. The van der Waals surface area contributed by atoms with Crippen LogP contribution in [0.25, 0.3) is 0 Å². The van der Waals surface area contributed by atoms with Crippen molar-refractivity contribution in [1.29, 1.82) is 0 Å².